The summed E-state index contributed by atoms with van der Waals surface area (Å²) < 4.78 is 28.8. The summed E-state index contributed by atoms with van der Waals surface area (Å²) in [5.41, 5.74) is 0.871. The highest BCUT2D eigenvalue weighted by atomic mass is 35.5. The van der Waals surface area contributed by atoms with Gasteiger partial charge >= 0.3 is 0 Å². The van der Waals surface area contributed by atoms with E-state index in [2.05, 4.69) is 0 Å². The molecule has 4 nitrogen and oxygen atoms in total. The molecule has 0 heterocycles. The van der Waals surface area contributed by atoms with Gasteiger partial charge in [-0.1, -0.05) is 17.7 Å². The van der Waals surface area contributed by atoms with Crippen LogP contribution in [0.1, 0.15) is 15.9 Å². The first-order chi connectivity index (χ1) is 11.5. The molecule has 0 saturated heterocycles. The summed E-state index contributed by atoms with van der Waals surface area (Å²) >= 11 is 6.11. The smallest absolute Gasteiger partial charge is 0.185 e. The van der Waals surface area contributed by atoms with Gasteiger partial charge in [0.25, 0.3) is 0 Å². The molecule has 0 bridgehead atoms. The lowest BCUT2D eigenvalue weighted by atomic mass is 10.1. The van der Waals surface area contributed by atoms with Crippen LogP contribution in [0.3, 0.4) is 0 Å². The molecule has 0 N–H and O–H groups in total. The van der Waals surface area contributed by atoms with Gasteiger partial charge in [-0.3, -0.25) is 4.79 Å². The molecule has 0 saturated carbocycles. The van der Waals surface area contributed by atoms with Gasteiger partial charge in [-0.15, -0.1) is 0 Å². The third kappa shape index (κ3) is 3.86. The molecule has 24 heavy (non-hydrogen) atoms. The van der Waals surface area contributed by atoms with Crippen LogP contribution in [-0.2, 0) is 0 Å². The maximum atomic E-state index is 13.7. The Labute approximate surface area is 144 Å². The van der Waals surface area contributed by atoms with E-state index in [0.717, 1.165) is 6.07 Å². The standard InChI is InChI=1S/C18H16ClFO4/c1-22-16-7-5-12(10-14(16)20)15(21)6-4-11-8-13(19)18(24-3)17(9-11)23-2/h4-10H,1-3H3. The van der Waals surface area contributed by atoms with Crippen LogP contribution in [0.5, 0.6) is 17.2 Å². The van der Waals surface area contributed by atoms with Crippen LogP contribution in [0, 0.1) is 5.82 Å². The Balaban J connectivity index is 2.26. The van der Waals surface area contributed by atoms with Gasteiger partial charge in [-0.2, -0.15) is 0 Å². The Morgan fingerprint density at radius 1 is 1.04 bits per heavy atom. The van der Waals surface area contributed by atoms with E-state index in [4.69, 9.17) is 25.8 Å². The van der Waals surface area contributed by atoms with E-state index in [1.165, 1.54) is 39.5 Å². The summed E-state index contributed by atoms with van der Waals surface area (Å²) in [5, 5.41) is 0.361. The van der Waals surface area contributed by atoms with Gasteiger partial charge in [0, 0.05) is 5.56 Å². The Morgan fingerprint density at radius 2 is 1.75 bits per heavy atom. The van der Waals surface area contributed by atoms with Crippen LogP contribution < -0.4 is 14.2 Å². The predicted molar refractivity (Wildman–Crippen MR) is 90.9 cm³/mol. The van der Waals surface area contributed by atoms with Crippen LogP contribution in [-0.4, -0.2) is 27.1 Å². The van der Waals surface area contributed by atoms with Gasteiger partial charge in [0.05, 0.1) is 26.4 Å². The van der Waals surface area contributed by atoms with Crippen LogP contribution in [0.4, 0.5) is 4.39 Å². The van der Waals surface area contributed by atoms with Gasteiger partial charge in [-0.25, -0.2) is 4.39 Å². The van der Waals surface area contributed by atoms with Gasteiger partial charge in [0.1, 0.15) is 0 Å². The van der Waals surface area contributed by atoms with E-state index in [-0.39, 0.29) is 17.1 Å². The minimum atomic E-state index is -0.592. The number of hydrogen-bond acceptors (Lipinski definition) is 4. The largest absolute Gasteiger partial charge is 0.494 e. The van der Waals surface area contributed by atoms with Crippen LogP contribution >= 0.6 is 11.6 Å². The number of benzene rings is 2. The lowest BCUT2D eigenvalue weighted by Gasteiger charge is -2.10. The molecule has 0 radical (unpaired) electrons. The maximum absolute atomic E-state index is 13.7. The lowest BCUT2D eigenvalue weighted by molar-refractivity contribution is 0.104. The minimum Gasteiger partial charge on any atom is -0.494 e. The number of carbonyl (C=O) groups excluding carboxylic acids is 1. The van der Waals surface area contributed by atoms with Crippen LogP contribution in [0.2, 0.25) is 5.02 Å². The van der Waals surface area contributed by atoms with Gasteiger partial charge in [-0.05, 0) is 42.0 Å². The topological polar surface area (TPSA) is 44.8 Å². The zero-order chi connectivity index (χ0) is 17.7. The summed E-state index contributed by atoms with van der Waals surface area (Å²) in [5.74, 6) is 0.0167. The van der Waals surface area contributed by atoms with E-state index in [0.29, 0.717) is 22.1 Å². The van der Waals surface area contributed by atoms with E-state index >= 15 is 0 Å². The SMILES string of the molecule is COc1ccc(C(=O)C=Cc2cc(Cl)c(OC)c(OC)c2)cc1F. The molecular weight excluding hydrogens is 335 g/mol. The highest BCUT2D eigenvalue weighted by Gasteiger charge is 2.11. The summed E-state index contributed by atoms with van der Waals surface area (Å²) in [6.07, 6.45) is 2.90. The summed E-state index contributed by atoms with van der Waals surface area (Å²) in [6.45, 7) is 0. The van der Waals surface area contributed by atoms with Crippen LogP contribution in [0.25, 0.3) is 6.08 Å². The first-order valence-corrected chi connectivity index (χ1v) is 7.35. The molecular formula is C18H16ClFO4. The molecule has 0 aliphatic heterocycles. The van der Waals surface area contributed by atoms with Crippen molar-refractivity contribution >= 4 is 23.5 Å². The van der Waals surface area contributed by atoms with Crippen molar-refractivity contribution in [3.05, 3.63) is 58.4 Å². The predicted octanol–water partition coefficient (Wildman–Crippen LogP) is 4.40. The van der Waals surface area contributed by atoms with Crippen molar-refractivity contribution in [2.45, 2.75) is 0 Å². The van der Waals surface area contributed by atoms with Crippen molar-refractivity contribution in [2.75, 3.05) is 21.3 Å². The molecule has 0 amide bonds. The zero-order valence-corrected chi connectivity index (χ0v) is 14.2. The molecule has 0 aromatic heterocycles. The zero-order valence-electron chi connectivity index (χ0n) is 13.4. The second kappa shape index (κ2) is 7.84. The van der Waals surface area contributed by atoms with Crippen molar-refractivity contribution in [3.8, 4) is 17.2 Å². The number of ether oxygens (including phenoxy) is 3. The van der Waals surface area contributed by atoms with Gasteiger partial charge in [0.15, 0.2) is 28.8 Å². The summed E-state index contributed by atoms with van der Waals surface area (Å²) in [7, 11) is 4.34. The highest BCUT2D eigenvalue weighted by molar-refractivity contribution is 6.32. The van der Waals surface area contributed by atoms with Crippen molar-refractivity contribution in [1.82, 2.24) is 0 Å². The molecule has 2 rings (SSSR count). The molecule has 6 heteroatoms. The van der Waals surface area contributed by atoms with E-state index < -0.39 is 5.82 Å². The van der Waals surface area contributed by atoms with E-state index in [9.17, 15) is 9.18 Å². The number of halogens is 2. The second-order valence-corrected chi connectivity index (χ2v) is 5.19. The average Bonchev–Trinajstić information content (AvgIpc) is 2.58. The molecule has 0 aliphatic carbocycles. The Morgan fingerprint density at radius 3 is 2.33 bits per heavy atom. The number of carbonyl (C=O) groups is 1. The minimum absolute atomic E-state index is 0.0854. The first kappa shape index (κ1) is 17.8. The molecule has 126 valence electrons. The summed E-state index contributed by atoms with van der Waals surface area (Å²) in [6, 6.07) is 7.36. The molecule has 0 atom stereocenters. The second-order valence-electron chi connectivity index (χ2n) is 4.79. The molecule has 2 aromatic carbocycles. The maximum Gasteiger partial charge on any atom is 0.185 e. The van der Waals surface area contributed by atoms with Gasteiger partial charge < -0.3 is 14.2 Å². The third-order valence-corrected chi connectivity index (χ3v) is 3.60. The van der Waals surface area contributed by atoms with E-state index in [1.807, 2.05) is 0 Å². The average molecular weight is 351 g/mol. The number of rotatable bonds is 6. The fourth-order valence-corrected chi connectivity index (χ4v) is 2.42. The fourth-order valence-electron chi connectivity index (χ4n) is 2.12. The summed E-state index contributed by atoms with van der Waals surface area (Å²) in [4.78, 5) is 12.1. The number of allylic oxidation sites excluding steroid dienone is 1. The quantitative estimate of drug-likeness (QED) is 0.572. The van der Waals surface area contributed by atoms with E-state index in [1.54, 1.807) is 18.2 Å². The normalized spacial score (nSPS) is 10.7. The molecule has 0 fully saturated rings. The van der Waals surface area contributed by atoms with Gasteiger partial charge in [0.2, 0.25) is 0 Å². The fraction of sp³-hybridized carbons (Fsp3) is 0.167. The molecule has 2 aromatic rings. The van der Waals surface area contributed by atoms with Crippen molar-refractivity contribution in [1.29, 1.82) is 0 Å². The Kier molecular flexibility index (Phi) is 5.82. The Hall–Kier alpha value is -2.53. The number of hydrogen-bond donors (Lipinski definition) is 0. The Bertz CT molecular complexity index is 787. The van der Waals surface area contributed by atoms with Crippen LogP contribution in [0.15, 0.2) is 36.4 Å². The van der Waals surface area contributed by atoms with Crippen molar-refractivity contribution in [3.63, 3.8) is 0 Å². The third-order valence-electron chi connectivity index (χ3n) is 3.32. The first-order valence-electron chi connectivity index (χ1n) is 6.97. The monoisotopic (exact) mass is 350 g/mol. The molecule has 0 unspecified atom stereocenters. The van der Waals surface area contributed by atoms with Crippen molar-refractivity contribution in [2.24, 2.45) is 0 Å². The molecule has 0 spiro atoms. The molecule has 0 aliphatic rings. The van der Waals surface area contributed by atoms with Crippen molar-refractivity contribution < 1.29 is 23.4 Å². The number of ketones is 1. The lowest BCUT2D eigenvalue weighted by Crippen LogP contribution is -1.97. The number of methoxy groups -OCH3 is 3. The highest BCUT2D eigenvalue weighted by Crippen LogP contribution is 2.36.